The number of hydrogen-bond acceptors (Lipinski definition) is 3. The zero-order valence-corrected chi connectivity index (χ0v) is 6.49. The third kappa shape index (κ3) is 2.20. The zero-order valence-electron chi connectivity index (χ0n) is 6.49. The number of rotatable bonds is 2. The quantitative estimate of drug-likeness (QED) is 0.655. The minimum absolute atomic E-state index is 0.0378. The Morgan fingerprint density at radius 2 is 2.45 bits per heavy atom. The van der Waals surface area contributed by atoms with Gasteiger partial charge in [-0.3, -0.25) is 4.98 Å². The van der Waals surface area contributed by atoms with Crippen molar-refractivity contribution in [1.82, 2.24) is 4.98 Å². The molecule has 1 rings (SSSR count). The number of aromatic hydroxyl groups is 1. The highest BCUT2D eigenvalue weighted by Crippen LogP contribution is 2.13. The number of nitrogens with two attached hydrogens (primary N) is 1. The molecule has 1 heterocycles. The Kier molecular flexibility index (Phi) is 2.44. The fraction of sp³-hybridized carbons (Fsp3) is 0.375. The fourth-order valence-electron chi connectivity index (χ4n) is 0.892. The summed E-state index contributed by atoms with van der Waals surface area (Å²) >= 11 is 0. The van der Waals surface area contributed by atoms with Gasteiger partial charge in [-0.05, 0) is 19.1 Å². The highest BCUT2D eigenvalue weighted by molar-refractivity contribution is 5.25. The second kappa shape index (κ2) is 3.34. The molecule has 1 atom stereocenters. The lowest BCUT2D eigenvalue weighted by Gasteiger charge is -2.04. The van der Waals surface area contributed by atoms with Gasteiger partial charge < -0.3 is 10.8 Å². The van der Waals surface area contributed by atoms with Gasteiger partial charge in [-0.15, -0.1) is 0 Å². The van der Waals surface area contributed by atoms with Gasteiger partial charge in [-0.1, -0.05) is 0 Å². The molecule has 0 fully saturated rings. The van der Waals surface area contributed by atoms with Gasteiger partial charge in [0.1, 0.15) is 5.75 Å². The van der Waals surface area contributed by atoms with Gasteiger partial charge in [0.15, 0.2) is 0 Å². The Morgan fingerprint density at radius 3 is 3.00 bits per heavy atom. The SMILES string of the molecule is CC(N)Cc1ncccc1O. The summed E-state index contributed by atoms with van der Waals surface area (Å²) in [6, 6.07) is 3.35. The van der Waals surface area contributed by atoms with E-state index in [2.05, 4.69) is 4.98 Å². The molecule has 0 saturated heterocycles. The van der Waals surface area contributed by atoms with Crippen molar-refractivity contribution in [3.8, 4) is 5.75 Å². The smallest absolute Gasteiger partial charge is 0.137 e. The molecule has 0 spiro atoms. The van der Waals surface area contributed by atoms with Gasteiger partial charge in [0.25, 0.3) is 0 Å². The van der Waals surface area contributed by atoms with Crippen molar-refractivity contribution in [1.29, 1.82) is 0 Å². The topological polar surface area (TPSA) is 59.1 Å². The van der Waals surface area contributed by atoms with Crippen LogP contribution in [0.1, 0.15) is 12.6 Å². The number of nitrogens with zero attached hydrogens (tertiary/aromatic N) is 1. The Balaban J connectivity index is 2.78. The lowest BCUT2D eigenvalue weighted by Crippen LogP contribution is -2.18. The molecule has 3 heteroatoms. The van der Waals surface area contributed by atoms with Crippen molar-refractivity contribution >= 4 is 0 Å². The van der Waals surface area contributed by atoms with Gasteiger partial charge in [-0.2, -0.15) is 0 Å². The number of hydrogen-bond donors (Lipinski definition) is 2. The normalized spacial score (nSPS) is 12.9. The van der Waals surface area contributed by atoms with Crippen LogP contribution in [0.15, 0.2) is 18.3 Å². The van der Waals surface area contributed by atoms with Crippen molar-refractivity contribution in [2.45, 2.75) is 19.4 Å². The Morgan fingerprint density at radius 1 is 1.73 bits per heavy atom. The van der Waals surface area contributed by atoms with Crippen LogP contribution < -0.4 is 5.73 Å². The first kappa shape index (κ1) is 8.01. The first-order chi connectivity index (χ1) is 5.20. The van der Waals surface area contributed by atoms with E-state index < -0.39 is 0 Å². The molecular formula is C8H12N2O. The summed E-state index contributed by atoms with van der Waals surface area (Å²) in [6.45, 7) is 1.88. The van der Waals surface area contributed by atoms with Crippen LogP contribution in [0.3, 0.4) is 0 Å². The molecule has 0 bridgehead atoms. The Bertz CT molecular complexity index is 235. The van der Waals surface area contributed by atoms with Crippen LogP contribution in [0.25, 0.3) is 0 Å². The summed E-state index contributed by atoms with van der Waals surface area (Å²) in [7, 11) is 0. The second-order valence-corrected chi connectivity index (χ2v) is 2.65. The number of pyridine rings is 1. The van der Waals surface area contributed by atoms with Crippen LogP contribution in [0.2, 0.25) is 0 Å². The van der Waals surface area contributed by atoms with Crippen LogP contribution in [0.4, 0.5) is 0 Å². The standard InChI is InChI=1S/C8H12N2O/c1-6(9)5-7-8(11)3-2-4-10-7/h2-4,6,11H,5,9H2,1H3. The summed E-state index contributed by atoms with van der Waals surface area (Å²) in [6.07, 6.45) is 2.27. The molecule has 60 valence electrons. The third-order valence-electron chi connectivity index (χ3n) is 1.38. The van der Waals surface area contributed by atoms with Crippen LogP contribution in [-0.4, -0.2) is 16.1 Å². The fourth-order valence-corrected chi connectivity index (χ4v) is 0.892. The summed E-state index contributed by atoms with van der Waals surface area (Å²) < 4.78 is 0. The molecule has 1 aromatic rings. The molecular weight excluding hydrogens is 140 g/mol. The molecule has 0 aromatic carbocycles. The monoisotopic (exact) mass is 152 g/mol. The zero-order chi connectivity index (χ0) is 8.27. The van der Waals surface area contributed by atoms with Crippen molar-refractivity contribution in [3.63, 3.8) is 0 Å². The summed E-state index contributed by atoms with van der Waals surface area (Å²) in [5.74, 6) is 0.227. The van der Waals surface area contributed by atoms with E-state index in [0.29, 0.717) is 12.1 Å². The molecule has 0 aliphatic rings. The van der Waals surface area contributed by atoms with E-state index in [1.807, 2.05) is 6.92 Å². The molecule has 0 amide bonds. The van der Waals surface area contributed by atoms with E-state index in [4.69, 9.17) is 5.73 Å². The van der Waals surface area contributed by atoms with E-state index in [1.54, 1.807) is 18.3 Å². The number of aromatic nitrogens is 1. The first-order valence-corrected chi connectivity index (χ1v) is 3.58. The average molecular weight is 152 g/mol. The van der Waals surface area contributed by atoms with E-state index >= 15 is 0 Å². The highest BCUT2D eigenvalue weighted by atomic mass is 16.3. The molecule has 3 N–H and O–H groups in total. The van der Waals surface area contributed by atoms with Crippen LogP contribution in [-0.2, 0) is 6.42 Å². The van der Waals surface area contributed by atoms with Crippen molar-refractivity contribution in [2.24, 2.45) is 5.73 Å². The minimum Gasteiger partial charge on any atom is -0.506 e. The molecule has 0 aliphatic carbocycles. The lowest BCUT2D eigenvalue weighted by atomic mass is 10.1. The van der Waals surface area contributed by atoms with Crippen molar-refractivity contribution in [2.75, 3.05) is 0 Å². The van der Waals surface area contributed by atoms with E-state index in [-0.39, 0.29) is 11.8 Å². The van der Waals surface area contributed by atoms with Crippen LogP contribution in [0, 0.1) is 0 Å². The summed E-state index contributed by atoms with van der Waals surface area (Å²) in [4.78, 5) is 3.99. The molecule has 0 radical (unpaired) electrons. The molecule has 0 saturated carbocycles. The third-order valence-corrected chi connectivity index (χ3v) is 1.38. The predicted molar refractivity (Wildman–Crippen MR) is 43.3 cm³/mol. The van der Waals surface area contributed by atoms with Crippen LogP contribution >= 0.6 is 0 Å². The molecule has 11 heavy (non-hydrogen) atoms. The van der Waals surface area contributed by atoms with Gasteiger partial charge in [0.2, 0.25) is 0 Å². The molecule has 0 aliphatic heterocycles. The average Bonchev–Trinajstić information content (AvgIpc) is 1.93. The highest BCUT2D eigenvalue weighted by Gasteiger charge is 2.02. The lowest BCUT2D eigenvalue weighted by molar-refractivity contribution is 0.461. The molecule has 1 unspecified atom stereocenters. The summed E-state index contributed by atoms with van der Waals surface area (Å²) in [5.41, 5.74) is 6.21. The van der Waals surface area contributed by atoms with Gasteiger partial charge in [0, 0.05) is 18.7 Å². The first-order valence-electron chi connectivity index (χ1n) is 3.58. The molecule has 1 aromatic heterocycles. The maximum Gasteiger partial charge on any atom is 0.137 e. The predicted octanol–water partition coefficient (Wildman–Crippen LogP) is 0.677. The van der Waals surface area contributed by atoms with E-state index in [0.717, 1.165) is 0 Å². The van der Waals surface area contributed by atoms with Gasteiger partial charge in [-0.25, -0.2) is 0 Å². The Hall–Kier alpha value is -1.09. The largest absolute Gasteiger partial charge is 0.506 e. The summed E-state index contributed by atoms with van der Waals surface area (Å²) in [5, 5.41) is 9.24. The van der Waals surface area contributed by atoms with Crippen molar-refractivity contribution < 1.29 is 5.11 Å². The molecule has 3 nitrogen and oxygen atoms in total. The van der Waals surface area contributed by atoms with Gasteiger partial charge in [0.05, 0.1) is 5.69 Å². The van der Waals surface area contributed by atoms with Crippen LogP contribution in [0.5, 0.6) is 5.75 Å². The maximum absolute atomic E-state index is 9.24. The second-order valence-electron chi connectivity index (χ2n) is 2.65. The minimum atomic E-state index is 0.0378. The van der Waals surface area contributed by atoms with Gasteiger partial charge >= 0.3 is 0 Å². The Labute approximate surface area is 65.9 Å². The van der Waals surface area contributed by atoms with Crippen molar-refractivity contribution in [3.05, 3.63) is 24.0 Å². The maximum atomic E-state index is 9.24. The van der Waals surface area contributed by atoms with E-state index in [9.17, 15) is 5.11 Å². The van der Waals surface area contributed by atoms with E-state index in [1.165, 1.54) is 0 Å².